The number of anilines is 1. The number of amides is 1. The highest BCUT2D eigenvalue weighted by molar-refractivity contribution is 7.90. The molecule has 0 aliphatic carbocycles. The van der Waals surface area contributed by atoms with Crippen molar-refractivity contribution < 1.29 is 36.7 Å². The van der Waals surface area contributed by atoms with Crippen LogP contribution in [0.5, 0.6) is 0 Å². The summed E-state index contributed by atoms with van der Waals surface area (Å²) in [5, 5.41) is 4.43. The lowest BCUT2D eigenvalue weighted by molar-refractivity contribution is -0.119. The van der Waals surface area contributed by atoms with Gasteiger partial charge in [-0.3, -0.25) is 4.79 Å². The summed E-state index contributed by atoms with van der Waals surface area (Å²) < 4.78 is 38.4. The number of esters is 2. The third-order valence-electron chi connectivity index (χ3n) is 4.16. The molecule has 2 heterocycles. The number of furan rings is 1. The quantitative estimate of drug-likeness (QED) is 0.489. The second-order valence-corrected chi connectivity index (χ2v) is 9.37. The number of hydrogen-bond acceptors (Lipinski definition) is 9. The Morgan fingerprint density at radius 3 is 2.38 bits per heavy atom. The molecule has 3 rings (SSSR count). The maximum absolute atomic E-state index is 12.4. The zero-order valence-corrected chi connectivity index (χ0v) is 18.7. The Labute approximate surface area is 187 Å². The molecule has 0 aliphatic rings. The number of hydrogen-bond donors (Lipinski definition) is 1. The molecular formula is C21H19NO8S2. The van der Waals surface area contributed by atoms with Crippen LogP contribution in [0.1, 0.15) is 27.6 Å². The first-order chi connectivity index (χ1) is 15.2. The lowest BCUT2D eigenvalue weighted by Crippen LogP contribution is -2.21. The minimum absolute atomic E-state index is 0.0587. The van der Waals surface area contributed by atoms with Crippen LogP contribution in [-0.2, 0) is 24.1 Å². The summed E-state index contributed by atoms with van der Waals surface area (Å²) in [6.45, 7) is 1.20. The summed E-state index contributed by atoms with van der Waals surface area (Å²) in [4.78, 5) is 37.0. The first-order valence-electron chi connectivity index (χ1n) is 9.30. The molecule has 168 valence electrons. The highest BCUT2D eigenvalue weighted by atomic mass is 32.2. The van der Waals surface area contributed by atoms with Crippen LogP contribution < -0.4 is 5.32 Å². The zero-order valence-electron chi connectivity index (χ0n) is 17.1. The van der Waals surface area contributed by atoms with E-state index >= 15 is 0 Å². The number of sulfone groups is 1. The molecule has 11 heteroatoms. The van der Waals surface area contributed by atoms with E-state index in [4.69, 9.17) is 13.9 Å². The predicted molar refractivity (Wildman–Crippen MR) is 116 cm³/mol. The number of thiophene rings is 1. The van der Waals surface area contributed by atoms with Crippen molar-refractivity contribution in [3.63, 3.8) is 0 Å². The highest BCUT2D eigenvalue weighted by Gasteiger charge is 2.24. The van der Waals surface area contributed by atoms with Crippen molar-refractivity contribution in [2.24, 2.45) is 0 Å². The summed E-state index contributed by atoms with van der Waals surface area (Å²) >= 11 is 1.10. The van der Waals surface area contributed by atoms with Gasteiger partial charge < -0.3 is 19.2 Å². The van der Waals surface area contributed by atoms with Crippen LogP contribution in [0.4, 0.5) is 5.00 Å². The van der Waals surface area contributed by atoms with E-state index < -0.39 is 34.3 Å². The highest BCUT2D eigenvalue weighted by Crippen LogP contribution is 2.36. The summed E-state index contributed by atoms with van der Waals surface area (Å²) in [6, 6.07) is 8.49. The van der Waals surface area contributed by atoms with Gasteiger partial charge in [0.15, 0.2) is 16.4 Å². The van der Waals surface area contributed by atoms with Crippen LogP contribution in [0.3, 0.4) is 0 Å². The molecule has 32 heavy (non-hydrogen) atoms. The molecule has 0 radical (unpaired) electrons. The van der Waals surface area contributed by atoms with E-state index in [9.17, 15) is 22.8 Å². The molecule has 0 spiro atoms. The molecule has 0 unspecified atom stereocenters. The van der Waals surface area contributed by atoms with E-state index in [2.05, 4.69) is 5.32 Å². The van der Waals surface area contributed by atoms with Crippen molar-refractivity contribution in [1.82, 2.24) is 0 Å². The van der Waals surface area contributed by atoms with Gasteiger partial charge in [-0.25, -0.2) is 18.0 Å². The van der Waals surface area contributed by atoms with Gasteiger partial charge in [0.2, 0.25) is 0 Å². The van der Waals surface area contributed by atoms with Crippen molar-refractivity contribution in [2.75, 3.05) is 24.8 Å². The second-order valence-electron chi connectivity index (χ2n) is 6.47. The molecule has 0 saturated carbocycles. The average molecular weight is 478 g/mol. The first kappa shape index (κ1) is 23.2. The van der Waals surface area contributed by atoms with Crippen molar-refractivity contribution >= 4 is 44.0 Å². The van der Waals surface area contributed by atoms with Crippen molar-refractivity contribution in [3.8, 4) is 11.3 Å². The molecule has 2 aromatic heterocycles. The smallest absolute Gasteiger partial charge is 0.341 e. The molecule has 0 fully saturated rings. The average Bonchev–Trinajstić information content (AvgIpc) is 3.41. The summed E-state index contributed by atoms with van der Waals surface area (Å²) in [5.41, 5.74) is 0.702. The molecule has 9 nitrogen and oxygen atoms in total. The molecular weight excluding hydrogens is 458 g/mol. The van der Waals surface area contributed by atoms with Crippen molar-refractivity contribution in [3.05, 3.63) is 59.2 Å². The van der Waals surface area contributed by atoms with Gasteiger partial charge in [0, 0.05) is 17.2 Å². The summed E-state index contributed by atoms with van der Waals surface area (Å²) in [7, 11) is -3.39. The molecule has 1 aromatic carbocycles. The third kappa shape index (κ3) is 5.42. The Morgan fingerprint density at radius 1 is 1.06 bits per heavy atom. The molecule has 0 atom stereocenters. The molecule has 1 N–H and O–H groups in total. The van der Waals surface area contributed by atoms with Crippen molar-refractivity contribution in [2.45, 2.75) is 11.8 Å². The molecule has 3 aromatic rings. The van der Waals surface area contributed by atoms with E-state index in [1.165, 1.54) is 30.5 Å². The Kier molecular flexibility index (Phi) is 7.11. The van der Waals surface area contributed by atoms with Gasteiger partial charge in [-0.1, -0.05) is 0 Å². The molecule has 0 bridgehead atoms. The maximum atomic E-state index is 12.4. The van der Waals surface area contributed by atoms with E-state index in [0.717, 1.165) is 17.6 Å². The minimum atomic E-state index is -3.39. The molecule has 0 aliphatic heterocycles. The normalized spacial score (nSPS) is 11.1. The number of ether oxygens (including phenoxy) is 2. The van der Waals surface area contributed by atoms with Crippen LogP contribution in [0, 0.1) is 0 Å². The first-order valence-corrected chi connectivity index (χ1v) is 12.1. The lowest BCUT2D eigenvalue weighted by Gasteiger charge is -2.08. The van der Waals surface area contributed by atoms with Gasteiger partial charge in [-0.2, -0.15) is 0 Å². The van der Waals surface area contributed by atoms with Crippen LogP contribution in [0.15, 0.2) is 57.4 Å². The van der Waals surface area contributed by atoms with E-state index in [1.807, 2.05) is 0 Å². The van der Waals surface area contributed by atoms with Gasteiger partial charge in [-0.15, -0.1) is 11.3 Å². The molecule has 1 amide bonds. The van der Waals surface area contributed by atoms with Gasteiger partial charge >= 0.3 is 11.9 Å². The standard InChI is InChI=1S/C21H19NO8S2/c1-3-28-21(25)18-15(16-5-4-10-29-16)12-31-19(18)22-17(23)11-30-20(24)13-6-8-14(9-7-13)32(2,26)27/h4-10,12H,3,11H2,1-2H3,(H,22,23). The predicted octanol–water partition coefficient (Wildman–Crippen LogP) is 3.38. The number of nitrogens with one attached hydrogen (secondary N) is 1. The Bertz CT molecular complexity index is 1230. The van der Waals surface area contributed by atoms with Crippen molar-refractivity contribution in [1.29, 1.82) is 0 Å². The Morgan fingerprint density at radius 2 is 1.78 bits per heavy atom. The Hall–Kier alpha value is -3.44. The van der Waals surface area contributed by atoms with Gasteiger partial charge in [-0.05, 0) is 43.3 Å². The third-order valence-corrected chi connectivity index (χ3v) is 6.19. The zero-order chi connectivity index (χ0) is 23.3. The van der Waals surface area contributed by atoms with Crippen LogP contribution in [-0.4, -0.2) is 45.7 Å². The topological polar surface area (TPSA) is 129 Å². The fraction of sp³-hybridized carbons (Fsp3) is 0.190. The number of rotatable bonds is 8. The van der Waals surface area contributed by atoms with Gasteiger partial charge in [0.05, 0.1) is 23.3 Å². The number of benzene rings is 1. The van der Waals surface area contributed by atoms with Gasteiger partial charge in [0.25, 0.3) is 5.91 Å². The number of carbonyl (C=O) groups is 3. The monoisotopic (exact) mass is 477 g/mol. The SMILES string of the molecule is CCOC(=O)c1c(-c2ccco2)csc1NC(=O)COC(=O)c1ccc(S(C)(=O)=O)cc1. The van der Waals surface area contributed by atoms with Crippen LogP contribution >= 0.6 is 11.3 Å². The lowest BCUT2D eigenvalue weighted by atomic mass is 10.1. The fourth-order valence-electron chi connectivity index (χ4n) is 2.68. The van der Waals surface area contributed by atoms with Crippen LogP contribution in [0.2, 0.25) is 0 Å². The van der Waals surface area contributed by atoms with Gasteiger partial charge in [0.1, 0.15) is 16.3 Å². The Balaban J connectivity index is 1.68. The van der Waals surface area contributed by atoms with E-state index in [0.29, 0.717) is 11.3 Å². The number of carbonyl (C=O) groups excluding carboxylic acids is 3. The van der Waals surface area contributed by atoms with E-state index in [-0.39, 0.29) is 27.6 Å². The minimum Gasteiger partial charge on any atom is -0.464 e. The summed E-state index contributed by atoms with van der Waals surface area (Å²) in [6.07, 6.45) is 2.51. The maximum Gasteiger partial charge on any atom is 0.341 e. The second kappa shape index (κ2) is 9.79. The van der Waals surface area contributed by atoms with E-state index in [1.54, 1.807) is 24.4 Å². The molecule has 0 saturated heterocycles. The van der Waals surface area contributed by atoms with Crippen LogP contribution in [0.25, 0.3) is 11.3 Å². The fourth-order valence-corrected chi connectivity index (χ4v) is 4.27. The largest absolute Gasteiger partial charge is 0.464 e. The summed E-state index contributed by atoms with van der Waals surface area (Å²) in [5.74, 6) is -1.65.